The van der Waals surface area contributed by atoms with E-state index in [1.54, 1.807) is 0 Å². The molecule has 3 heterocycles. The molecule has 0 spiro atoms. The topological polar surface area (TPSA) is 48.3 Å². The van der Waals surface area contributed by atoms with Crippen LogP contribution >= 0.6 is 0 Å². The Hall–Kier alpha value is -1.85. The first-order chi connectivity index (χ1) is 11.8. The average Bonchev–Trinajstić information content (AvgIpc) is 3.34. The molecular weight excluding hydrogens is 302 g/mol. The molecule has 1 saturated heterocycles. The van der Waals surface area contributed by atoms with Gasteiger partial charge in [0.2, 0.25) is 0 Å². The first-order valence-corrected chi connectivity index (χ1v) is 8.93. The molecule has 1 aromatic heterocycles. The molecule has 5 nitrogen and oxygen atoms in total. The second kappa shape index (κ2) is 6.95. The van der Waals surface area contributed by atoms with Crippen LogP contribution in [0.5, 0.6) is 5.75 Å². The average molecular weight is 327 g/mol. The molecule has 1 fully saturated rings. The van der Waals surface area contributed by atoms with Gasteiger partial charge in [0.1, 0.15) is 5.75 Å². The zero-order chi connectivity index (χ0) is 16.4. The molecule has 0 saturated carbocycles. The van der Waals surface area contributed by atoms with E-state index in [1.165, 1.54) is 16.7 Å². The fraction of sp³-hybridized carbons (Fsp3) is 0.526. The quantitative estimate of drug-likeness (QED) is 0.886. The predicted molar refractivity (Wildman–Crippen MR) is 92.0 cm³/mol. The lowest BCUT2D eigenvalue weighted by Crippen LogP contribution is -2.24. The zero-order valence-corrected chi connectivity index (χ0v) is 14.2. The lowest BCUT2D eigenvalue weighted by molar-refractivity contribution is 0.0904. The SMILES string of the molecule is CCn1cc([C@H]2OCC[C@H]2CNCc2ccc3c(c2)CCO3)cn1. The predicted octanol–water partition coefficient (Wildman–Crippen LogP) is 2.71. The van der Waals surface area contributed by atoms with Crippen molar-refractivity contribution in [3.63, 3.8) is 0 Å². The van der Waals surface area contributed by atoms with Crippen LogP contribution in [0.25, 0.3) is 0 Å². The Morgan fingerprint density at radius 1 is 1.33 bits per heavy atom. The summed E-state index contributed by atoms with van der Waals surface area (Å²) in [4.78, 5) is 0. The van der Waals surface area contributed by atoms with E-state index in [9.17, 15) is 0 Å². The number of nitrogens with zero attached hydrogens (tertiary/aromatic N) is 2. The Kier molecular flexibility index (Phi) is 4.54. The van der Waals surface area contributed by atoms with Crippen LogP contribution in [-0.2, 0) is 24.2 Å². The van der Waals surface area contributed by atoms with Gasteiger partial charge in [-0.1, -0.05) is 12.1 Å². The highest BCUT2D eigenvalue weighted by Gasteiger charge is 2.30. The summed E-state index contributed by atoms with van der Waals surface area (Å²) < 4.78 is 13.5. The van der Waals surface area contributed by atoms with Gasteiger partial charge in [-0.15, -0.1) is 0 Å². The lowest BCUT2D eigenvalue weighted by atomic mass is 9.97. The van der Waals surface area contributed by atoms with Gasteiger partial charge < -0.3 is 14.8 Å². The number of aromatic nitrogens is 2. The number of hydrogen-bond donors (Lipinski definition) is 1. The molecule has 4 rings (SSSR count). The van der Waals surface area contributed by atoms with Gasteiger partial charge in [-0.05, 0) is 30.5 Å². The van der Waals surface area contributed by atoms with E-state index in [0.717, 1.165) is 51.4 Å². The first kappa shape index (κ1) is 15.7. The van der Waals surface area contributed by atoms with Gasteiger partial charge in [-0.2, -0.15) is 5.10 Å². The summed E-state index contributed by atoms with van der Waals surface area (Å²) in [5, 5.41) is 7.99. The van der Waals surface area contributed by atoms with E-state index in [2.05, 4.69) is 41.7 Å². The van der Waals surface area contributed by atoms with Crippen molar-refractivity contribution in [1.29, 1.82) is 0 Å². The van der Waals surface area contributed by atoms with Crippen molar-refractivity contribution < 1.29 is 9.47 Å². The highest BCUT2D eigenvalue weighted by Crippen LogP contribution is 2.34. The van der Waals surface area contributed by atoms with Crippen molar-refractivity contribution in [2.45, 2.75) is 39.0 Å². The van der Waals surface area contributed by atoms with Crippen molar-refractivity contribution in [3.05, 3.63) is 47.3 Å². The minimum absolute atomic E-state index is 0.172. The highest BCUT2D eigenvalue weighted by atomic mass is 16.5. The number of fused-ring (bicyclic) bond motifs is 1. The molecule has 0 amide bonds. The monoisotopic (exact) mass is 327 g/mol. The highest BCUT2D eigenvalue weighted by molar-refractivity contribution is 5.39. The number of rotatable bonds is 6. The van der Waals surface area contributed by atoms with Gasteiger partial charge in [0.25, 0.3) is 0 Å². The molecule has 2 aliphatic heterocycles. The van der Waals surface area contributed by atoms with Crippen molar-refractivity contribution in [1.82, 2.24) is 15.1 Å². The second-order valence-electron chi connectivity index (χ2n) is 6.64. The van der Waals surface area contributed by atoms with E-state index < -0.39 is 0 Å². The largest absolute Gasteiger partial charge is 0.493 e. The third-order valence-electron chi connectivity index (χ3n) is 5.01. The van der Waals surface area contributed by atoms with Crippen LogP contribution in [0.15, 0.2) is 30.6 Å². The summed E-state index contributed by atoms with van der Waals surface area (Å²) in [7, 11) is 0. The number of aryl methyl sites for hydroxylation is 1. The Bertz CT molecular complexity index is 698. The molecule has 0 unspecified atom stereocenters. The van der Waals surface area contributed by atoms with E-state index in [4.69, 9.17) is 9.47 Å². The lowest BCUT2D eigenvalue weighted by Gasteiger charge is -2.18. The second-order valence-corrected chi connectivity index (χ2v) is 6.64. The van der Waals surface area contributed by atoms with Gasteiger partial charge in [-0.25, -0.2) is 0 Å². The van der Waals surface area contributed by atoms with Crippen LogP contribution in [0.4, 0.5) is 0 Å². The maximum atomic E-state index is 5.96. The Morgan fingerprint density at radius 2 is 2.29 bits per heavy atom. The van der Waals surface area contributed by atoms with E-state index in [-0.39, 0.29) is 6.10 Å². The number of ether oxygens (including phenoxy) is 2. The van der Waals surface area contributed by atoms with E-state index in [0.29, 0.717) is 5.92 Å². The van der Waals surface area contributed by atoms with Crippen LogP contribution in [0, 0.1) is 5.92 Å². The van der Waals surface area contributed by atoms with Gasteiger partial charge in [0, 0.05) is 50.3 Å². The number of nitrogens with one attached hydrogen (secondary N) is 1. The molecular formula is C19H25N3O2. The van der Waals surface area contributed by atoms with Crippen molar-refractivity contribution in [2.24, 2.45) is 5.92 Å². The molecule has 24 heavy (non-hydrogen) atoms. The molecule has 0 bridgehead atoms. The molecule has 0 aliphatic carbocycles. The summed E-state index contributed by atoms with van der Waals surface area (Å²) in [6.07, 6.45) is 6.37. The molecule has 1 aromatic carbocycles. The van der Waals surface area contributed by atoms with Gasteiger partial charge in [0.05, 0.1) is 18.9 Å². The summed E-state index contributed by atoms with van der Waals surface area (Å²) in [5.41, 5.74) is 3.87. The summed E-state index contributed by atoms with van der Waals surface area (Å²) in [5.74, 6) is 1.56. The number of hydrogen-bond acceptors (Lipinski definition) is 4. The van der Waals surface area contributed by atoms with Gasteiger partial charge in [0.15, 0.2) is 0 Å². The first-order valence-electron chi connectivity index (χ1n) is 8.93. The van der Waals surface area contributed by atoms with E-state index >= 15 is 0 Å². The third kappa shape index (κ3) is 3.19. The minimum Gasteiger partial charge on any atom is -0.493 e. The molecule has 2 aromatic rings. The normalized spacial score (nSPS) is 22.5. The van der Waals surface area contributed by atoms with Crippen molar-refractivity contribution >= 4 is 0 Å². The maximum absolute atomic E-state index is 5.96. The molecule has 2 atom stereocenters. The van der Waals surface area contributed by atoms with Gasteiger partial charge >= 0.3 is 0 Å². The third-order valence-corrected chi connectivity index (χ3v) is 5.01. The summed E-state index contributed by atoms with van der Waals surface area (Å²) in [6.45, 7) is 6.52. The smallest absolute Gasteiger partial charge is 0.122 e. The number of benzene rings is 1. The van der Waals surface area contributed by atoms with Crippen molar-refractivity contribution in [2.75, 3.05) is 19.8 Å². The Balaban J connectivity index is 1.33. The Morgan fingerprint density at radius 3 is 3.17 bits per heavy atom. The molecule has 1 N–H and O–H groups in total. The fourth-order valence-electron chi connectivity index (χ4n) is 3.66. The van der Waals surface area contributed by atoms with Gasteiger partial charge in [-0.3, -0.25) is 4.68 Å². The van der Waals surface area contributed by atoms with Crippen LogP contribution in [0.1, 0.15) is 36.1 Å². The molecule has 5 heteroatoms. The molecule has 2 aliphatic rings. The van der Waals surface area contributed by atoms with Crippen LogP contribution in [0.2, 0.25) is 0 Å². The van der Waals surface area contributed by atoms with Crippen LogP contribution < -0.4 is 10.1 Å². The van der Waals surface area contributed by atoms with E-state index in [1.807, 2.05) is 10.9 Å². The Labute approximate surface area is 143 Å². The molecule has 128 valence electrons. The summed E-state index contributed by atoms with van der Waals surface area (Å²) in [6, 6.07) is 6.52. The molecule has 0 radical (unpaired) electrons. The van der Waals surface area contributed by atoms with Crippen LogP contribution in [-0.4, -0.2) is 29.5 Å². The maximum Gasteiger partial charge on any atom is 0.122 e. The minimum atomic E-state index is 0.172. The standard InChI is InChI=1S/C19H25N3O2/c1-2-22-13-17(12-21-22)19-16(6-8-24-19)11-20-10-14-3-4-18-15(9-14)5-7-23-18/h3-4,9,12-13,16,19-20H,2,5-8,10-11H2,1H3/t16-,19-/m0/s1. The van der Waals surface area contributed by atoms with Crippen molar-refractivity contribution in [3.8, 4) is 5.75 Å². The summed E-state index contributed by atoms with van der Waals surface area (Å²) >= 11 is 0. The fourth-order valence-corrected chi connectivity index (χ4v) is 3.66. The van der Waals surface area contributed by atoms with Crippen LogP contribution in [0.3, 0.4) is 0 Å². The zero-order valence-electron chi connectivity index (χ0n) is 14.2.